The van der Waals surface area contributed by atoms with Gasteiger partial charge in [0, 0.05) is 25.2 Å². The van der Waals surface area contributed by atoms with Gasteiger partial charge in [0.05, 0.1) is 16.7 Å². The van der Waals surface area contributed by atoms with Crippen LogP contribution in [-0.4, -0.2) is 37.9 Å². The molecule has 1 aromatic rings. The minimum absolute atomic E-state index is 0. The monoisotopic (exact) mass is 361 g/mol. The van der Waals surface area contributed by atoms with Crippen LogP contribution in [0.3, 0.4) is 0 Å². The van der Waals surface area contributed by atoms with Gasteiger partial charge in [-0.3, -0.25) is 0 Å². The molecule has 2 saturated heterocycles. The van der Waals surface area contributed by atoms with Gasteiger partial charge in [-0.2, -0.15) is 9.57 Å². The van der Waals surface area contributed by atoms with Crippen molar-refractivity contribution in [3.63, 3.8) is 0 Å². The van der Waals surface area contributed by atoms with Gasteiger partial charge >= 0.3 is 0 Å². The Bertz CT molecular complexity index is 703. The van der Waals surface area contributed by atoms with Crippen molar-refractivity contribution < 1.29 is 8.42 Å². The quantitative estimate of drug-likeness (QED) is 0.875. The number of nitrogens with one attached hydrogen (secondary N) is 1. The van der Waals surface area contributed by atoms with Crippen LogP contribution in [0.15, 0.2) is 23.1 Å². The predicted molar refractivity (Wildman–Crippen MR) is 86.7 cm³/mol. The van der Waals surface area contributed by atoms with Crippen molar-refractivity contribution in [2.75, 3.05) is 13.1 Å². The van der Waals surface area contributed by atoms with Crippen molar-refractivity contribution in [1.82, 2.24) is 9.62 Å². The van der Waals surface area contributed by atoms with E-state index in [1.807, 2.05) is 6.07 Å². The van der Waals surface area contributed by atoms with Crippen molar-refractivity contribution in [3.05, 3.63) is 28.8 Å². The number of sulfonamides is 1. The first-order chi connectivity index (χ1) is 10.0. The van der Waals surface area contributed by atoms with Crippen molar-refractivity contribution >= 4 is 34.0 Å². The highest BCUT2D eigenvalue weighted by Gasteiger charge is 2.35. The summed E-state index contributed by atoms with van der Waals surface area (Å²) < 4.78 is 27.0. The first-order valence-electron chi connectivity index (χ1n) is 6.96. The molecule has 0 aromatic heterocycles. The molecule has 3 rings (SSSR count). The van der Waals surface area contributed by atoms with Gasteiger partial charge in [-0.05, 0) is 37.5 Å². The lowest BCUT2D eigenvalue weighted by atomic mass is 10.1. The molecule has 2 heterocycles. The molecule has 2 aliphatic rings. The molecular weight excluding hydrogens is 345 g/mol. The van der Waals surface area contributed by atoms with E-state index < -0.39 is 10.0 Å². The summed E-state index contributed by atoms with van der Waals surface area (Å²) in [6.45, 7) is 0.988. The number of benzene rings is 1. The first-order valence-corrected chi connectivity index (χ1v) is 8.78. The molecule has 1 N–H and O–H groups in total. The molecular formula is C14H17Cl2N3O2S. The average molecular weight is 362 g/mol. The zero-order valence-corrected chi connectivity index (χ0v) is 14.2. The molecule has 2 bridgehead atoms. The molecule has 0 aliphatic carbocycles. The van der Waals surface area contributed by atoms with Crippen molar-refractivity contribution in [3.8, 4) is 6.07 Å². The Balaban J connectivity index is 0.00000176. The van der Waals surface area contributed by atoms with Crippen LogP contribution in [0.1, 0.15) is 24.8 Å². The van der Waals surface area contributed by atoms with Gasteiger partial charge < -0.3 is 5.32 Å². The SMILES string of the molecule is Cl.N#Cc1ccc(S(=O)(=O)N2CCC3CCC(C2)N3)c(Cl)c1. The third kappa shape index (κ3) is 3.24. The molecule has 2 unspecified atom stereocenters. The normalized spacial score (nSPS) is 25.1. The molecule has 0 saturated carbocycles. The first kappa shape index (κ1) is 17.5. The Hall–Kier alpha value is -0.840. The molecule has 2 atom stereocenters. The lowest BCUT2D eigenvalue weighted by Gasteiger charge is -2.24. The highest BCUT2D eigenvalue weighted by Crippen LogP contribution is 2.29. The van der Waals surface area contributed by atoms with Gasteiger partial charge in [0.2, 0.25) is 10.0 Å². The Morgan fingerprint density at radius 3 is 2.68 bits per heavy atom. The minimum atomic E-state index is -3.61. The summed E-state index contributed by atoms with van der Waals surface area (Å²) in [4.78, 5) is 0.0842. The zero-order valence-electron chi connectivity index (χ0n) is 11.8. The molecule has 8 heteroatoms. The topological polar surface area (TPSA) is 73.2 Å². The number of nitriles is 1. The second kappa shape index (κ2) is 6.73. The molecule has 22 heavy (non-hydrogen) atoms. The third-order valence-electron chi connectivity index (χ3n) is 4.16. The van der Waals surface area contributed by atoms with Crippen molar-refractivity contribution in [2.45, 2.75) is 36.2 Å². The number of hydrogen-bond acceptors (Lipinski definition) is 4. The van der Waals surface area contributed by atoms with Crippen LogP contribution in [-0.2, 0) is 10.0 Å². The largest absolute Gasteiger partial charge is 0.310 e. The zero-order chi connectivity index (χ0) is 15.0. The van der Waals surface area contributed by atoms with Crippen LogP contribution in [0, 0.1) is 11.3 Å². The number of halogens is 2. The van der Waals surface area contributed by atoms with Crippen LogP contribution >= 0.6 is 24.0 Å². The van der Waals surface area contributed by atoms with Gasteiger partial charge in [-0.1, -0.05) is 11.6 Å². The second-order valence-electron chi connectivity index (χ2n) is 5.55. The Kier molecular flexibility index (Phi) is 5.36. The molecule has 0 spiro atoms. The smallest absolute Gasteiger partial charge is 0.244 e. The van der Waals surface area contributed by atoms with Gasteiger partial charge in [-0.15, -0.1) is 12.4 Å². The second-order valence-corrected chi connectivity index (χ2v) is 7.86. The van der Waals surface area contributed by atoms with E-state index in [0.717, 1.165) is 19.3 Å². The van der Waals surface area contributed by atoms with Gasteiger partial charge in [0.25, 0.3) is 0 Å². The summed E-state index contributed by atoms with van der Waals surface area (Å²) in [5.41, 5.74) is 0.357. The summed E-state index contributed by atoms with van der Waals surface area (Å²) in [6.07, 6.45) is 2.96. The Morgan fingerprint density at radius 2 is 2.00 bits per heavy atom. The van der Waals surface area contributed by atoms with Crippen molar-refractivity contribution in [1.29, 1.82) is 5.26 Å². The fourth-order valence-corrected chi connectivity index (χ4v) is 5.07. The standard InChI is InChI=1S/C14H16ClN3O2S.ClH/c15-13-7-10(8-16)1-4-14(13)21(19,20)18-6-5-11-2-3-12(9-18)17-11;/h1,4,7,11-12,17H,2-3,5-6,9H2;1H. The maximum absolute atomic E-state index is 12.8. The maximum Gasteiger partial charge on any atom is 0.244 e. The van der Waals surface area contributed by atoms with Crippen LogP contribution < -0.4 is 5.32 Å². The van der Waals surface area contributed by atoms with Crippen LogP contribution in [0.2, 0.25) is 5.02 Å². The molecule has 1 aromatic carbocycles. The summed E-state index contributed by atoms with van der Waals surface area (Å²) in [5.74, 6) is 0. The Labute approximate surface area is 141 Å². The molecule has 120 valence electrons. The van der Waals surface area contributed by atoms with Crippen molar-refractivity contribution in [2.24, 2.45) is 0 Å². The lowest BCUT2D eigenvalue weighted by Crippen LogP contribution is -2.39. The van der Waals surface area contributed by atoms with E-state index in [0.29, 0.717) is 24.7 Å². The molecule has 2 aliphatic heterocycles. The number of rotatable bonds is 2. The van der Waals surface area contributed by atoms with E-state index in [-0.39, 0.29) is 28.4 Å². The lowest BCUT2D eigenvalue weighted by molar-refractivity contribution is 0.383. The third-order valence-corrected chi connectivity index (χ3v) is 6.51. The fourth-order valence-electron chi connectivity index (χ4n) is 3.05. The highest BCUT2D eigenvalue weighted by atomic mass is 35.5. The van der Waals surface area contributed by atoms with E-state index in [1.165, 1.54) is 22.5 Å². The van der Waals surface area contributed by atoms with Crippen LogP contribution in [0.5, 0.6) is 0 Å². The van der Waals surface area contributed by atoms with Gasteiger partial charge in [0.1, 0.15) is 4.90 Å². The summed E-state index contributed by atoms with van der Waals surface area (Å²) >= 11 is 6.06. The molecule has 2 fully saturated rings. The number of nitrogens with zero attached hydrogens (tertiary/aromatic N) is 2. The number of fused-ring (bicyclic) bond motifs is 2. The fraction of sp³-hybridized carbons (Fsp3) is 0.500. The highest BCUT2D eigenvalue weighted by molar-refractivity contribution is 7.89. The van der Waals surface area contributed by atoms with E-state index in [2.05, 4.69) is 5.32 Å². The van der Waals surface area contributed by atoms with Gasteiger partial charge in [0.15, 0.2) is 0 Å². The van der Waals surface area contributed by atoms with E-state index >= 15 is 0 Å². The molecule has 5 nitrogen and oxygen atoms in total. The van der Waals surface area contributed by atoms with Crippen LogP contribution in [0.4, 0.5) is 0 Å². The van der Waals surface area contributed by atoms with Crippen LogP contribution in [0.25, 0.3) is 0 Å². The number of hydrogen-bond donors (Lipinski definition) is 1. The maximum atomic E-state index is 12.8. The average Bonchev–Trinajstić information content (AvgIpc) is 2.77. The Morgan fingerprint density at radius 1 is 1.27 bits per heavy atom. The minimum Gasteiger partial charge on any atom is -0.310 e. The predicted octanol–water partition coefficient (Wildman–Crippen LogP) is 2.15. The molecule has 0 radical (unpaired) electrons. The van der Waals surface area contributed by atoms with Gasteiger partial charge in [-0.25, -0.2) is 8.42 Å². The summed E-state index contributed by atoms with van der Waals surface area (Å²) in [7, 11) is -3.61. The van der Waals surface area contributed by atoms with E-state index in [4.69, 9.17) is 16.9 Å². The summed E-state index contributed by atoms with van der Waals surface area (Å²) in [5, 5.41) is 12.4. The molecule has 0 amide bonds. The van der Waals surface area contributed by atoms with E-state index in [9.17, 15) is 8.42 Å². The summed E-state index contributed by atoms with van der Waals surface area (Å²) in [6, 6.07) is 6.91. The van der Waals surface area contributed by atoms with E-state index in [1.54, 1.807) is 0 Å².